The number of benzene rings is 2. The number of para-hydroxylation sites is 1. The van der Waals surface area contributed by atoms with Crippen LogP contribution in [-0.2, 0) is 4.79 Å². The van der Waals surface area contributed by atoms with Crippen LogP contribution in [-0.4, -0.2) is 16.8 Å². The fraction of sp³-hybridized carbons (Fsp3) is 0.0476. The third-order valence-electron chi connectivity index (χ3n) is 4.07. The van der Waals surface area contributed by atoms with Gasteiger partial charge in [0, 0.05) is 5.39 Å². The molecule has 0 saturated carbocycles. The first-order valence-corrected chi connectivity index (χ1v) is 9.33. The van der Waals surface area contributed by atoms with Gasteiger partial charge in [-0.15, -0.1) is 5.10 Å². The highest BCUT2D eigenvalue weighted by molar-refractivity contribution is 8.18. The monoisotopic (exact) mass is 389 g/mol. The average molecular weight is 389 g/mol. The summed E-state index contributed by atoms with van der Waals surface area (Å²) in [7, 11) is 0. The molecule has 4 rings (SSSR count). The Hall–Kier alpha value is -3.45. The lowest BCUT2D eigenvalue weighted by molar-refractivity contribution is -0.115. The predicted molar refractivity (Wildman–Crippen MR) is 112 cm³/mol. The van der Waals surface area contributed by atoms with Gasteiger partial charge < -0.3 is 4.42 Å². The summed E-state index contributed by atoms with van der Waals surface area (Å²) in [5.74, 6) is -0.231. The Kier molecular flexibility index (Phi) is 4.90. The summed E-state index contributed by atoms with van der Waals surface area (Å²) in [6.07, 6.45) is 1.79. The van der Waals surface area contributed by atoms with Gasteiger partial charge in [-0.1, -0.05) is 48.5 Å². The van der Waals surface area contributed by atoms with Crippen LogP contribution >= 0.6 is 11.8 Å². The Morgan fingerprint density at radius 3 is 2.64 bits per heavy atom. The van der Waals surface area contributed by atoms with E-state index in [1.165, 1.54) is 11.8 Å². The van der Waals surface area contributed by atoms with Gasteiger partial charge in [0.2, 0.25) is 0 Å². The van der Waals surface area contributed by atoms with Crippen LogP contribution in [0, 0.1) is 0 Å². The molecular weight excluding hydrogens is 374 g/mol. The predicted octanol–water partition coefficient (Wildman–Crippen LogP) is 3.78. The number of rotatable bonds is 3. The van der Waals surface area contributed by atoms with Gasteiger partial charge in [-0.2, -0.15) is 5.10 Å². The van der Waals surface area contributed by atoms with Crippen LogP contribution in [0.1, 0.15) is 18.1 Å². The van der Waals surface area contributed by atoms with E-state index < -0.39 is 5.63 Å². The Bertz CT molecular complexity index is 1210. The van der Waals surface area contributed by atoms with Crippen LogP contribution in [0.25, 0.3) is 17.0 Å². The quantitative estimate of drug-likeness (QED) is 0.320. The molecule has 2 heterocycles. The zero-order valence-corrected chi connectivity index (χ0v) is 15.7. The number of fused-ring (bicyclic) bond motifs is 1. The van der Waals surface area contributed by atoms with Crippen LogP contribution in [0.3, 0.4) is 0 Å². The summed E-state index contributed by atoms with van der Waals surface area (Å²) in [5.41, 5.74) is 1.70. The van der Waals surface area contributed by atoms with E-state index in [0.717, 1.165) is 10.9 Å². The molecule has 0 aliphatic carbocycles. The Morgan fingerprint density at radius 1 is 1.07 bits per heavy atom. The highest BCUT2D eigenvalue weighted by Crippen LogP contribution is 2.26. The standard InChI is InChI=1S/C21H15N3O3S/c1-13(16-12-15-9-5-6-10-17(15)27-20(16)26)23-24-21-22-19(25)18(28-21)11-14-7-3-2-4-8-14/h2-12H,1H3,(H,22,24,25). The van der Waals surface area contributed by atoms with Crippen LogP contribution < -0.4 is 10.9 Å². The van der Waals surface area contributed by atoms with E-state index in [1.807, 2.05) is 42.5 Å². The van der Waals surface area contributed by atoms with E-state index in [2.05, 4.69) is 15.5 Å². The summed E-state index contributed by atoms with van der Waals surface area (Å²) in [5, 5.41) is 12.0. The average Bonchev–Trinajstić information content (AvgIpc) is 3.05. The third-order valence-corrected chi connectivity index (χ3v) is 4.97. The third kappa shape index (κ3) is 3.79. The number of carbonyl (C=O) groups is 1. The molecular formula is C21H15N3O3S. The van der Waals surface area contributed by atoms with Gasteiger partial charge in [0.05, 0.1) is 16.2 Å². The van der Waals surface area contributed by atoms with Crippen LogP contribution in [0.15, 0.2) is 85.0 Å². The fourth-order valence-electron chi connectivity index (χ4n) is 2.66. The summed E-state index contributed by atoms with van der Waals surface area (Å²) in [4.78, 5) is 24.8. The maximum absolute atomic E-state index is 12.2. The Labute approximate surface area is 164 Å². The largest absolute Gasteiger partial charge is 0.422 e. The van der Waals surface area contributed by atoms with E-state index in [-0.39, 0.29) is 5.91 Å². The van der Waals surface area contributed by atoms with E-state index in [1.54, 1.807) is 31.2 Å². The first-order valence-electron chi connectivity index (χ1n) is 8.51. The second-order valence-corrected chi connectivity index (χ2v) is 7.08. The summed E-state index contributed by atoms with van der Waals surface area (Å²) < 4.78 is 5.32. The molecule has 3 aromatic rings. The van der Waals surface area contributed by atoms with Crippen LogP contribution in [0.4, 0.5) is 0 Å². The number of amidine groups is 1. The van der Waals surface area contributed by atoms with E-state index in [4.69, 9.17) is 4.42 Å². The van der Waals surface area contributed by atoms with Gasteiger partial charge in [0.15, 0.2) is 5.17 Å². The number of hydrogen-bond donors (Lipinski definition) is 1. The molecule has 138 valence electrons. The van der Waals surface area contributed by atoms with Crippen molar-refractivity contribution in [2.24, 2.45) is 10.2 Å². The summed E-state index contributed by atoms with van der Waals surface area (Å²) in [6, 6.07) is 18.5. The molecule has 7 heteroatoms. The SMILES string of the molecule is CC(=N/N=C1/NC(=O)C(=Cc2ccccc2)S1)c1cc2ccccc2oc1=O. The van der Waals surface area contributed by atoms with Gasteiger partial charge >= 0.3 is 5.63 Å². The number of thioether (sulfide) groups is 1. The van der Waals surface area contributed by atoms with E-state index >= 15 is 0 Å². The first-order chi connectivity index (χ1) is 13.6. The molecule has 0 bridgehead atoms. The van der Waals surface area contributed by atoms with Crippen molar-refractivity contribution in [3.63, 3.8) is 0 Å². The Balaban J connectivity index is 1.59. The summed E-state index contributed by atoms with van der Waals surface area (Å²) in [6.45, 7) is 1.67. The number of carbonyl (C=O) groups excluding carboxylic acids is 1. The summed E-state index contributed by atoms with van der Waals surface area (Å²) >= 11 is 1.20. The zero-order valence-electron chi connectivity index (χ0n) is 14.9. The fourth-order valence-corrected chi connectivity index (χ4v) is 3.44. The van der Waals surface area contributed by atoms with E-state index in [0.29, 0.717) is 26.9 Å². The molecule has 1 fully saturated rings. The minimum atomic E-state index is -0.479. The maximum atomic E-state index is 12.2. The molecule has 0 radical (unpaired) electrons. The van der Waals surface area contributed by atoms with E-state index in [9.17, 15) is 9.59 Å². The van der Waals surface area contributed by atoms with Gasteiger partial charge in [0.25, 0.3) is 5.91 Å². The minimum Gasteiger partial charge on any atom is -0.422 e. The number of nitrogens with zero attached hydrogens (tertiary/aromatic N) is 2. The molecule has 1 saturated heterocycles. The van der Waals surface area contributed by atoms with Crippen molar-refractivity contribution in [3.05, 3.63) is 87.1 Å². The van der Waals surface area contributed by atoms with Crippen molar-refractivity contribution in [1.82, 2.24) is 5.32 Å². The number of hydrogen-bond acceptors (Lipinski definition) is 6. The highest BCUT2D eigenvalue weighted by Gasteiger charge is 2.23. The molecule has 1 amide bonds. The van der Waals surface area contributed by atoms with Crippen molar-refractivity contribution in [1.29, 1.82) is 0 Å². The number of amides is 1. The topological polar surface area (TPSA) is 84.0 Å². The van der Waals surface area contributed by atoms with Crippen molar-refractivity contribution in [2.75, 3.05) is 0 Å². The first kappa shape index (κ1) is 17.9. The van der Waals surface area contributed by atoms with Crippen LogP contribution in [0.5, 0.6) is 0 Å². The molecule has 1 aliphatic rings. The second-order valence-electron chi connectivity index (χ2n) is 6.05. The van der Waals surface area contributed by atoms with Crippen molar-refractivity contribution in [3.8, 4) is 0 Å². The minimum absolute atomic E-state index is 0.231. The molecule has 28 heavy (non-hydrogen) atoms. The van der Waals surface area contributed by atoms with Crippen molar-refractivity contribution >= 4 is 45.6 Å². The van der Waals surface area contributed by atoms with Gasteiger partial charge in [0.1, 0.15) is 5.58 Å². The maximum Gasteiger partial charge on any atom is 0.345 e. The van der Waals surface area contributed by atoms with Crippen LogP contribution in [0.2, 0.25) is 0 Å². The smallest absolute Gasteiger partial charge is 0.345 e. The van der Waals surface area contributed by atoms with Gasteiger partial charge in [-0.3, -0.25) is 10.1 Å². The zero-order chi connectivity index (χ0) is 19.5. The molecule has 0 atom stereocenters. The van der Waals surface area contributed by atoms with Gasteiger partial charge in [-0.05, 0) is 42.5 Å². The molecule has 1 aromatic heterocycles. The molecule has 2 aromatic carbocycles. The second kappa shape index (κ2) is 7.66. The molecule has 0 spiro atoms. The lowest BCUT2D eigenvalue weighted by Crippen LogP contribution is -2.19. The normalized spacial score (nSPS) is 17.5. The Morgan fingerprint density at radius 2 is 1.82 bits per heavy atom. The lowest BCUT2D eigenvalue weighted by Gasteiger charge is -2.00. The van der Waals surface area contributed by atoms with Gasteiger partial charge in [-0.25, -0.2) is 4.79 Å². The van der Waals surface area contributed by atoms with Crippen molar-refractivity contribution in [2.45, 2.75) is 6.92 Å². The lowest BCUT2D eigenvalue weighted by atomic mass is 10.1. The molecule has 1 N–H and O–H groups in total. The molecule has 6 nitrogen and oxygen atoms in total. The molecule has 1 aliphatic heterocycles. The highest BCUT2D eigenvalue weighted by atomic mass is 32.2. The number of nitrogens with one attached hydrogen (secondary N) is 1. The molecule has 0 unspecified atom stereocenters. The van der Waals surface area contributed by atoms with Crippen molar-refractivity contribution < 1.29 is 9.21 Å².